The van der Waals surface area contributed by atoms with Gasteiger partial charge in [-0.3, -0.25) is 14.7 Å². The number of hydrogen-bond acceptors (Lipinski definition) is 4. The molecule has 1 unspecified atom stereocenters. The first-order valence-corrected chi connectivity index (χ1v) is 9.73. The van der Waals surface area contributed by atoms with Gasteiger partial charge in [0.05, 0.1) is 18.9 Å². The molecule has 1 aromatic heterocycles. The number of rotatable bonds is 5. The zero-order valence-electron chi connectivity index (χ0n) is 15.2. The first-order chi connectivity index (χ1) is 12.2. The van der Waals surface area contributed by atoms with Crippen LogP contribution in [0.25, 0.3) is 0 Å². The van der Waals surface area contributed by atoms with Crippen molar-refractivity contribution in [3.05, 3.63) is 29.6 Å². The van der Waals surface area contributed by atoms with Crippen LogP contribution in [0.2, 0.25) is 0 Å². The Kier molecular flexibility index (Phi) is 4.78. The summed E-state index contributed by atoms with van der Waals surface area (Å²) in [5, 5.41) is 3.23. The average molecular weight is 343 g/mol. The first kappa shape index (κ1) is 17.0. The van der Waals surface area contributed by atoms with Crippen molar-refractivity contribution in [2.24, 2.45) is 0 Å². The first-order valence-electron chi connectivity index (χ1n) is 9.73. The Bertz CT molecular complexity index is 623. The van der Waals surface area contributed by atoms with Crippen LogP contribution in [-0.4, -0.2) is 54.2 Å². The maximum atomic E-state index is 12.9. The topological polar surface area (TPSA) is 54.5 Å². The molecular formula is C20H29N3O2. The van der Waals surface area contributed by atoms with Crippen molar-refractivity contribution in [1.82, 2.24) is 15.2 Å². The summed E-state index contributed by atoms with van der Waals surface area (Å²) in [5.74, 6) is 0.131. The van der Waals surface area contributed by atoms with Gasteiger partial charge < -0.3 is 10.1 Å². The van der Waals surface area contributed by atoms with Gasteiger partial charge in [0.25, 0.3) is 0 Å². The highest BCUT2D eigenvalue weighted by atomic mass is 16.5. The van der Waals surface area contributed by atoms with Gasteiger partial charge in [0.1, 0.15) is 6.04 Å². The Morgan fingerprint density at radius 3 is 2.92 bits per heavy atom. The van der Waals surface area contributed by atoms with E-state index >= 15 is 0 Å². The molecule has 136 valence electrons. The van der Waals surface area contributed by atoms with Crippen LogP contribution in [0.4, 0.5) is 0 Å². The highest BCUT2D eigenvalue weighted by Gasteiger charge is 2.47. The van der Waals surface area contributed by atoms with Gasteiger partial charge >= 0.3 is 0 Å². The van der Waals surface area contributed by atoms with Crippen LogP contribution >= 0.6 is 0 Å². The van der Waals surface area contributed by atoms with E-state index in [9.17, 15) is 4.79 Å². The fraction of sp³-hybridized carbons (Fsp3) is 0.700. The second kappa shape index (κ2) is 7.04. The van der Waals surface area contributed by atoms with E-state index in [1.54, 1.807) is 0 Å². The van der Waals surface area contributed by atoms with Gasteiger partial charge in [-0.15, -0.1) is 0 Å². The van der Waals surface area contributed by atoms with Crippen LogP contribution in [0.15, 0.2) is 18.3 Å². The van der Waals surface area contributed by atoms with E-state index in [0.717, 1.165) is 31.7 Å². The summed E-state index contributed by atoms with van der Waals surface area (Å²) in [6.07, 6.45) is 9.11. The maximum absolute atomic E-state index is 12.9. The predicted octanol–water partition coefficient (Wildman–Crippen LogP) is 2.18. The van der Waals surface area contributed by atoms with Gasteiger partial charge in [0.2, 0.25) is 5.91 Å². The van der Waals surface area contributed by atoms with Crippen molar-refractivity contribution in [2.45, 2.75) is 62.9 Å². The molecule has 0 bridgehead atoms. The van der Waals surface area contributed by atoms with Crippen molar-refractivity contribution >= 4 is 5.91 Å². The lowest BCUT2D eigenvalue weighted by molar-refractivity contribution is -0.134. The molecule has 1 aliphatic heterocycles. The molecule has 3 fully saturated rings. The van der Waals surface area contributed by atoms with Gasteiger partial charge in [-0.1, -0.05) is 18.9 Å². The number of nitrogens with one attached hydrogen (secondary N) is 1. The summed E-state index contributed by atoms with van der Waals surface area (Å²) in [5.41, 5.74) is 2.43. The summed E-state index contributed by atoms with van der Waals surface area (Å²) >= 11 is 0. The second-order valence-corrected chi connectivity index (χ2v) is 7.93. The van der Waals surface area contributed by atoms with E-state index in [2.05, 4.69) is 28.2 Å². The minimum absolute atomic E-state index is 0.0503. The van der Waals surface area contributed by atoms with E-state index < -0.39 is 0 Å². The molecular weight excluding hydrogens is 314 g/mol. The molecule has 1 amide bonds. The summed E-state index contributed by atoms with van der Waals surface area (Å²) < 4.78 is 5.63. The summed E-state index contributed by atoms with van der Waals surface area (Å²) in [6, 6.07) is 4.53. The van der Waals surface area contributed by atoms with Gasteiger partial charge in [0.15, 0.2) is 0 Å². The lowest BCUT2D eigenvalue weighted by Gasteiger charge is -2.38. The summed E-state index contributed by atoms with van der Waals surface area (Å²) in [4.78, 5) is 19.9. The van der Waals surface area contributed by atoms with Crippen LogP contribution in [-0.2, 0) is 14.9 Å². The molecule has 1 N–H and O–H groups in total. The zero-order valence-corrected chi connectivity index (χ0v) is 15.2. The number of amides is 1. The molecule has 4 rings (SSSR count). The molecule has 2 saturated carbocycles. The summed E-state index contributed by atoms with van der Waals surface area (Å²) in [7, 11) is 0. The number of aryl methyl sites for hydroxylation is 1. The van der Waals surface area contributed by atoms with E-state index in [1.165, 1.54) is 31.2 Å². The van der Waals surface area contributed by atoms with Crippen LogP contribution in [0.1, 0.15) is 49.8 Å². The van der Waals surface area contributed by atoms with Crippen LogP contribution < -0.4 is 5.32 Å². The average Bonchev–Trinajstić information content (AvgIpc) is 3.23. The number of carbonyl (C=O) groups excluding carboxylic acids is 1. The number of morpholine rings is 1. The Labute approximate surface area is 150 Å². The lowest BCUT2D eigenvalue weighted by Crippen LogP contribution is -2.57. The Balaban J connectivity index is 1.40. The fourth-order valence-corrected chi connectivity index (χ4v) is 4.58. The molecule has 0 radical (unpaired) electrons. The highest BCUT2D eigenvalue weighted by Crippen LogP contribution is 2.47. The number of nitrogens with zero attached hydrogens (tertiary/aromatic N) is 2. The van der Waals surface area contributed by atoms with Gasteiger partial charge in [-0.05, 0) is 44.2 Å². The van der Waals surface area contributed by atoms with Crippen molar-refractivity contribution in [1.29, 1.82) is 0 Å². The third-order valence-corrected chi connectivity index (χ3v) is 6.23. The third-order valence-electron chi connectivity index (χ3n) is 6.23. The largest absolute Gasteiger partial charge is 0.378 e. The molecule has 2 aliphatic carbocycles. The lowest BCUT2D eigenvalue weighted by atomic mass is 9.97. The summed E-state index contributed by atoms with van der Waals surface area (Å²) in [6.45, 7) is 4.96. The Morgan fingerprint density at radius 2 is 2.20 bits per heavy atom. The minimum Gasteiger partial charge on any atom is -0.378 e. The molecule has 3 aliphatic rings. The fourth-order valence-electron chi connectivity index (χ4n) is 4.58. The Hall–Kier alpha value is -1.46. The predicted molar refractivity (Wildman–Crippen MR) is 96.5 cm³/mol. The molecule has 0 aromatic carbocycles. The number of aromatic nitrogens is 1. The standard InChI is InChI=1S/C20H29N3O2/c1-15-5-4-10-21-18(15)20(8-9-20)14-22-19(24)17-13-25-12-11-23(17)16-6-2-3-7-16/h4-5,10,16-17H,2-3,6-9,11-14H2,1H3,(H,22,24). The molecule has 5 heteroatoms. The number of hydrogen-bond donors (Lipinski definition) is 1. The molecule has 0 spiro atoms. The van der Waals surface area contributed by atoms with E-state index in [1.807, 2.05) is 12.3 Å². The van der Waals surface area contributed by atoms with Gasteiger partial charge in [0, 0.05) is 30.7 Å². The van der Waals surface area contributed by atoms with Crippen LogP contribution in [0, 0.1) is 6.92 Å². The molecule has 1 saturated heterocycles. The SMILES string of the molecule is Cc1cccnc1C1(CNC(=O)C2COCCN2C2CCCC2)CC1. The van der Waals surface area contributed by atoms with E-state index in [-0.39, 0.29) is 17.4 Å². The second-order valence-electron chi connectivity index (χ2n) is 7.93. The van der Waals surface area contributed by atoms with Crippen molar-refractivity contribution < 1.29 is 9.53 Å². The van der Waals surface area contributed by atoms with Crippen LogP contribution in [0.3, 0.4) is 0 Å². The van der Waals surface area contributed by atoms with Crippen molar-refractivity contribution in [3.8, 4) is 0 Å². The van der Waals surface area contributed by atoms with Crippen molar-refractivity contribution in [2.75, 3.05) is 26.3 Å². The molecule has 5 nitrogen and oxygen atoms in total. The normalized spacial score (nSPS) is 26.5. The zero-order chi connectivity index (χ0) is 17.3. The van der Waals surface area contributed by atoms with E-state index in [0.29, 0.717) is 19.2 Å². The Morgan fingerprint density at radius 1 is 1.40 bits per heavy atom. The van der Waals surface area contributed by atoms with Crippen LogP contribution in [0.5, 0.6) is 0 Å². The number of ether oxygens (including phenoxy) is 1. The quantitative estimate of drug-likeness (QED) is 0.890. The van der Waals surface area contributed by atoms with Crippen molar-refractivity contribution in [3.63, 3.8) is 0 Å². The number of carbonyl (C=O) groups is 1. The molecule has 25 heavy (non-hydrogen) atoms. The minimum atomic E-state index is -0.127. The van der Waals surface area contributed by atoms with Gasteiger partial charge in [-0.25, -0.2) is 0 Å². The molecule has 1 aromatic rings. The van der Waals surface area contributed by atoms with E-state index in [4.69, 9.17) is 4.74 Å². The maximum Gasteiger partial charge on any atom is 0.239 e. The molecule has 1 atom stereocenters. The smallest absolute Gasteiger partial charge is 0.239 e. The molecule has 2 heterocycles. The third kappa shape index (κ3) is 3.44. The highest BCUT2D eigenvalue weighted by molar-refractivity contribution is 5.82. The number of pyridine rings is 1. The monoisotopic (exact) mass is 343 g/mol. The van der Waals surface area contributed by atoms with Gasteiger partial charge in [-0.2, -0.15) is 0 Å².